The van der Waals surface area contributed by atoms with Crippen molar-refractivity contribution in [3.05, 3.63) is 71.8 Å². The average molecular weight is 540 g/mol. The molecule has 0 aliphatic carbocycles. The van der Waals surface area contributed by atoms with Crippen LogP contribution in [0.2, 0.25) is 0 Å². The minimum absolute atomic E-state index is 0. The number of carbonyl (C=O) groups excluding carboxylic acids is 2. The Morgan fingerprint density at radius 1 is 0.694 bits per heavy atom. The lowest BCUT2D eigenvalue weighted by molar-refractivity contribution is -0.150. The number of rotatable bonds is 6. The predicted molar refractivity (Wildman–Crippen MR) is 148 cm³/mol. The molecule has 4 atom stereocenters. The van der Waals surface area contributed by atoms with Crippen LogP contribution in [0.5, 0.6) is 0 Å². The highest BCUT2D eigenvalue weighted by Crippen LogP contribution is 2.31. The molecule has 0 bridgehead atoms. The van der Waals surface area contributed by atoms with Crippen LogP contribution in [0.15, 0.2) is 60.7 Å². The lowest BCUT2D eigenvalue weighted by Gasteiger charge is -2.30. The predicted octanol–water partition coefficient (Wildman–Crippen LogP) is 4.73. The molecule has 2 N–H and O–H groups in total. The van der Waals surface area contributed by atoms with Crippen molar-refractivity contribution in [2.24, 2.45) is 11.8 Å². The van der Waals surface area contributed by atoms with Crippen LogP contribution in [-0.4, -0.2) is 51.3 Å². The van der Waals surface area contributed by atoms with E-state index in [1.165, 1.54) is 11.1 Å². The summed E-state index contributed by atoms with van der Waals surface area (Å²) in [6, 6.07) is 20.4. The van der Waals surface area contributed by atoms with Crippen molar-refractivity contribution in [2.45, 2.75) is 38.5 Å². The second kappa shape index (κ2) is 17.4. The summed E-state index contributed by atoms with van der Waals surface area (Å²) in [5.74, 6) is 0.371. The maximum atomic E-state index is 11.9. The van der Waals surface area contributed by atoms with Gasteiger partial charge in [-0.15, -0.1) is 24.8 Å². The second-order valence-electron chi connectivity index (χ2n) is 8.74. The monoisotopic (exact) mass is 538 g/mol. The molecule has 2 aliphatic heterocycles. The van der Waals surface area contributed by atoms with Gasteiger partial charge in [0.15, 0.2) is 0 Å². The van der Waals surface area contributed by atoms with Gasteiger partial charge in [0.2, 0.25) is 0 Å². The number of piperidine rings is 2. The lowest BCUT2D eigenvalue weighted by Crippen LogP contribution is -2.39. The molecule has 4 rings (SSSR count). The molecule has 0 spiro atoms. The summed E-state index contributed by atoms with van der Waals surface area (Å²) < 4.78 is 10.3. The Morgan fingerprint density at radius 2 is 1.06 bits per heavy atom. The van der Waals surface area contributed by atoms with Gasteiger partial charge >= 0.3 is 11.9 Å². The summed E-state index contributed by atoms with van der Waals surface area (Å²) in [6.07, 6.45) is 1.72. The van der Waals surface area contributed by atoms with Gasteiger partial charge in [0.05, 0.1) is 25.0 Å². The van der Waals surface area contributed by atoms with Crippen LogP contribution >= 0.6 is 24.8 Å². The van der Waals surface area contributed by atoms with E-state index in [1.54, 1.807) is 0 Å². The molecule has 2 aromatic rings. The fraction of sp³-hybridized carbons (Fsp3) is 0.500. The van der Waals surface area contributed by atoms with E-state index in [2.05, 4.69) is 34.9 Å². The highest BCUT2D eigenvalue weighted by molar-refractivity contribution is 5.85. The van der Waals surface area contributed by atoms with E-state index in [1.807, 2.05) is 50.2 Å². The van der Waals surface area contributed by atoms with E-state index in [9.17, 15) is 9.59 Å². The van der Waals surface area contributed by atoms with E-state index in [-0.39, 0.29) is 60.4 Å². The zero-order chi connectivity index (χ0) is 24.2. The lowest BCUT2D eigenvalue weighted by atomic mass is 9.81. The standard InChI is InChI=1S/2C14H19NO2.2ClH/c2*1-2-17-14(16)12-8-9-15-10-13(12)11-6-4-3-5-7-11;;/h2*3-7,12-13,15H,2,8-10H2,1H3;2*1H/t2*12-,13-;;/m10../s1. The van der Waals surface area contributed by atoms with Gasteiger partial charge in [0.25, 0.3) is 0 Å². The Bertz CT molecular complexity index is 812. The van der Waals surface area contributed by atoms with Gasteiger partial charge in [0, 0.05) is 24.9 Å². The zero-order valence-corrected chi connectivity index (χ0v) is 22.8. The Hall–Kier alpha value is -2.12. The number of hydrogen-bond acceptors (Lipinski definition) is 6. The van der Waals surface area contributed by atoms with Crippen LogP contribution in [0.1, 0.15) is 49.7 Å². The minimum Gasteiger partial charge on any atom is -0.466 e. The van der Waals surface area contributed by atoms with Crippen molar-refractivity contribution in [3.8, 4) is 0 Å². The molecule has 0 amide bonds. The molecule has 0 radical (unpaired) electrons. The van der Waals surface area contributed by atoms with Crippen molar-refractivity contribution in [1.82, 2.24) is 10.6 Å². The van der Waals surface area contributed by atoms with Gasteiger partial charge in [-0.1, -0.05) is 60.7 Å². The van der Waals surface area contributed by atoms with Gasteiger partial charge in [-0.05, 0) is 50.9 Å². The van der Waals surface area contributed by atoms with Crippen LogP contribution in [0, 0.1) is 11.8 Å². The summed E-state index contributed by atoms with van der Waals surface area (Å²) in [6.45, 7) is 8.14. The van der Waals surface area contributed by atoms with Gasteiger partial charge in [-0.3, -0.25) is 9.59 Å². The Kier molecular flexibility index (Phi) is 15.4. The zero-order valence-electron chi connectivity index (χ0n) is 21.2. The summed E-state index contributed by atoms with van der Waals surface area (Å²) in [5.41, 5.74) is 2.44. The minimum atomic E-state index is -0.0529. The van der Waals surface area contributed by atoms with Crippen molar-refractivity contribution >= 4 is 36.8 Å². The Balaban J connectivity index is 0.000000341. The molecule has 2 fully saturated rings. The van der Waals surface area contributed by atoms with E-state index >= 15 is 0 Å². The SMILES string of the molecule is CCOC(=O)[C@@H]1CCNC[C@@H]1c1ccccc1.CCOC(=O)[C@H]1CCNC[C@H]1c1ccccc1.Cl.Cl. The first-order valence-corrected chi connectivity index (χ1v) is 12.5. The van der Waals surface area contributed by atoms with Crippen molar-refractivity contribution in [1.29, 1.82) is 0 Å². The quantitative estimate of drug-likeness (QED) is 0.517. The molecule has 2 aromatic carbocycles. The molecule has 0 aromatic heterocycles. The number of halogens is 2. The van der Waals surface area contributed by atoms with Crippen molar-refractivity contribution in [3.63, 3.8) is 0 Å². The summed E-state index contributed by atoms with van der Waals surface area (Å²) in [7, 11) is 0. The average Bonchev–Trinajstić information content (AvgIpc) is 2.90. The van der Waals surface area contributed by atoms with Gasteiger partial charge in [0.1, 0.15) is 0 Å². The number of carbonyl (C=O) groups is 2. The van der Waals surface area contributed by atoms with Crippen LogP contribution in [0.4, 0.5) is 0 Å². The first kappa shape index (κ1) is 31.9. The van der Waals surface area contributed by atoms with E-state index < -0.39 is 0 Å². The molecule has 0 saturated carbocycles. The van der Waals surface area contributed by atoms with Gasteiger partial charge < -0.3 is 20.1 Å². The van der Waals surface area contributed by atoms with Crippen molar-refractivity contribution < 1.29 is 19.1 Å². The number of hydrogen-bond donors (Lipinski definition) is 2. The molecule has 6 nitrogen and oxygen atoms in total. The summed E-state index contributed by atoms with van der Waals surface area (Å²) in [5, 5.41) is 6.70. The molecule has 8 heteroatoms. The molecule has 2 heterocycles. The molecule has 200 valence electrons. The van der Waals surface area contributed by atoms with Crippen LogP contribution in [0.3, 0.4) is 0 Å². The fourth-order valence-corrected chi connectivity index (χ4v) is 4.88. The van der Waals surface area contributed by atoms with Gasteiger partial charge in [-0.25, -0.2) is 0 Å². The molecule has 2 aliphatic rings. The maximum Gasteiger partial charge on any atom is 0.309 e. The molecule has 2 saturated heterocycles. The number of esters is 2. The second-order valence-corrected chi connectivity index (χ2v) is 8.74. The Morgan fingerprint density at radius 3 is 1.39 bits per heavy atom. The molecule has 36 heavy (non-hydrogen) atoms. The highest BCUT2D eigenvalue weighted by Gasteiger charge is 2.33. The molecular formula is C28H40Cl2N2O4. The first-order chi connectivity index (χ1) is 16.7. The summed E-state index contributed by atoms with van der Waals surface area (Å²) >= 11 is 0. The van der Waals surface area contributed by atoms with Gasteiger partial charge in [-0.2, -0.15) is 0 Å². The van der Waals surface area contributed by atoms with E-state index in [4.69, 9.17) is 9.47 Å². The topological polar surface area (TPSA) is 76.7 Å². The Labute approximate surface area is 227 Å². The van der Waals surface area contributed by atoms with Crippen molar-refractivity contribution in [2.75, 3.05) is 39.4 Å². The fourth-order valence-electron chi connectivity index (χ4n) is 4.88. The smallest absolute Gasteiger partial charge is 0.309 e. The first-order valence-electron chi connectivity index (χ1n) is 12.5. The van der Waals surface area contributed by atoms with E-state index in [0.29, 0.717) is 13.2 Å². The van der Waals surface area contributed by atoms with Crippen LogP contribution in [-0.2, 0) is 19.1 Å². The third-order valence-electron chi connectivity index (χ3n) is 6.60. The van der Waals surface area contributed by atoms with Crippen LogP contribution in [0.25, 0.3) is 0 Å². The summed E-state index contributed by atoms with van der Waals surface area (Å²) in [4.78, 5) is 23.9. The normalized spacial score (nSPS) is 22.9. The van der Waals surface area contributed by atoms with E-state index in [0.717, 1.165) is 39.0 Å². The molecule has 0 unspecified atom stereocenters. The number of ether oxygens (including phenoxy) is 2. The molecular weight excluding hydrogens is 499 g/mol. The maximum absolute atomic E-state index is 11.9. The largest absolute Gasteiger partial charge is 0.466 e. The third-order valence-corrected chi connectivity index (χ3v) is 6.60. The number of nitrogens with one attached hydrogen (secondary N) is 2. The third kappa shape index (κ3) is 9.07. The highest BCUT2D eigenvalue weighted by atomic mass is 35.5. The number of benzene rings is 2. The van der Waals surface area contributed by atoms with Crippen LogP contribution < -0.4 is 10.6 Å².